The fourth-order valence-electron chi connectivity index (χ4n) is 1.04. The Morgan fingerprint density at radius 2 is 2.00 bits per heavy atom. The fourth-order valence-corrected chi connectivity index (χ4v) is 1.04. The maximum absolute atomic E-state index is 10.6. The Hall–Kier alpha value is -1.84. The maximum atomic E-state index is 10.6. The third-order valence-corrected chi connectivity index (χ3v) is 1.68. The van der Waals surface area contributed by atoms with E-state index in [1.165, 1.54) is 6.92 Å². The van der Waals surface area contributed by atoms with E-state index >= 15 is 0 Å². The van der Waals surface area contributed by atoms with Gasteiger partial charge in [-0.15, -0.1) is 0 Å². The zero-order valence-electron chi connectivity index (χ0n) is 7.77. The van der Waals surface area contributed by atoms with Gasteiger partial charge in [0, 0.05) is 12.6 Å². The molecule has 2 N–H and O–H groups in total. The van der Waals surface area contributed by atoms with E-state index in [0.29, 0.717) is 17.5 Å². The van der Waals surface area contributed by atoms with Gasteiger partial charge in [-0.1, -0.05) is 12.1 Å². The van der Waals surface area contributed by atoms with Gasteiger partial charge in [0.25, 0.3) is 0 Å². The van der Waals surface area contributed by atoms with Crippen LogP contribution in [0.25, 0.3) is 0 Å². The maximum Gasteiger partial charge on any atom is 0.303 e. The van der Waals surface area contributed by atoms with Crippen LogP contribution in [0.2, 0.25) is 0 Å². The minimum absolute atomic E-state index is 0.487. The summed E-state index contributed by atoms with van der Waals surface area (Å²) >= 11 is 0. The smallest absolute Gasteiger partial charge is 0.303 e. The summed E-state index contributed by atoms with van der Waals surface area (Å²) in [5, 5.41) is 0. The van der Waals surface area contributed by atoms with Crippen LogP contribution in [0, 0.1) is 0 Å². The molecule has 4 heteroatoms. The Balaban J connectivity index is 2.84. The molecule has 0 fully saturated rings. The van der Waals surface area contributed by atoms with E-state index in [1.807, 2.05) is 0 Å². The van der Waals surface area contributed by atoms with Gasteiger partial charge in [0.1, 0.15) is 0 Å². The predicted molar refractivity (Wildman–Crippen MR) is 51.4 cm³/mol. The average Bonchev–Trinajstić information content (AvgIpc) is 2.15. The first-order chi connectivity index (χ1) is 6.63. The molecular formula is C10H11NO3. The van der Waals surface area contributed by atoms with E-state index in [2.05, 4.69) is 0 Å². The first-order valence-corrected chi connectivity index (χ1v) is 4.11. The lowest BCUT2D eigenvalue weighted by Gasteiger charge is -2.10. The first kappa shape index (κ1) is 10.2. The van der Waals surface area contributed by atoms with E-state index in [1.54, 1.807) is 24.3 Å². The number of aldehydes is 1. The van der Waals surface area contributed by atoms with Crippen molar-refractivity contribution in [3.05, 3.63) is 29.8 Å². The second kappa shape index (κ2) is 4.41. The zero-order valence-corrected chi connectivity index (χ0v) is 7.77. The number of carbonyl (C=O) groups excluding carboxylic acids is 2. The van der Waals surface area contributed by atoms with Crippen molar-refractivity contribution in [2.75, 3.05) is 5.73 Å². The molecular weight excluding hydrogens is 182 g/mol. The Morgan fingerprint density at radius 3 is 2.43 bits per heavy atom. The van der Waals surface area contributed by atoms with Crippen LogP contribution in [0.1, 0.15) is 18.6 Å². The standard InChI is InChI=1S/C10H11NO3/c1-7(13)14-10(6-12)8-2-4-9(11)5-3-8/h2-6,10H,11H2,1H3. The Kier molecular flexibility index (Phi) is 3.23. The monoisotopic (exact) mass is 193 g/mol. The van der Waals surface area contributed by atoms with Crippen molar-refractivity contribution in [3.63, 3.8) is 0 Å². The number of hydrogen-bond acceptors (Lipinski definition) is 4. The molecule has 0 aliphatic heterocycles. The molecule has 1 aromatic carbocycles. The number of hydrogen-bond donors (Lipinski definition) is 1. The van der Waals surface area contributed by atoms with E-state index in [-0.39, 0.29) is 0 Å². The highest BCUT2D eigenvalue weighted by atomic mass is 16.5. The van der Waals surface area contributed by atoms with Gasteiger partial charge < -0.3 is 10.5 Å². The van der Waals surface area contributed by atoms with Gasteiger partial charge in [-0.2, -0.15) is 0 Å². The first-order valence-electron chi connectivity index (χ1n) is 4.11. The van der Waals surface area contributed by atoms with Gasteiger partial charge in [0.2, 0.25) is 0 Å². The number of carbonyl (C=O) groups is 2. The third-order valence-electron chi connectivity index (χ3n) is 1.68. The van der Waals surface area contributed by atoms with Crippen molar-refractivity contribution in [1.29, 1.82) is 0 Å². The van der Waals surface area contributed by atoms with Crippen LogP contribution in [0.3, 0.4) is 0 Å². The highest BCUT2D eigenvalue weighted by Crippen LogP contribution is 2.16. The minimum atomic E-state index is -0.840. The van der Waals surface area contributed by atoms with Gasteiger partial charge in [-0.25, -0.2) is 0 Å². The highest BCUT2D eigenvalue weighted by molar-refractivity contribution is 5.71. The molecule has 1 aromatic rings. The van der Waals surface area contributed by atoms with Gasteiger partial charge in [0.15, 0.2) is 12.4 Å². The Morgan fingerprint density at radius 1 is 1.43 bits per heavy atom. The van der Waals surface area contributed by atoms with Gasteiger partial charge >= 0.3 is 5.97 Å². The van der Waals surface area contributed by atoms with E-state index in [0.717, 1.165) is 0 Å². The van der Waals surface area contributed by atoms with Crippen molar-refractivity contribution in [2.24, 2.45) is 0 Å². The average molecular weight is 193 g/mol. The SMILES string of the molecule is CC(=O)OC(C=O)c1ccc(N)cc1. The summed E-state index contributed by atoms with van der Waals surface area (Å²) in [6, 6.07) is 6.60. The van der Waals surface area contributed by atoms with Crippen molar-refractivity contribution in [2.45, 2.75) is 13.0 Å². The number of anilines is 1. The van der Waals surface area contributed by atoms with Crippen LogP contribution in [0.5, 0.6) is 0 Å². The van der Waals surface area contributed by atoms with Gasteiger partial charge in [-0.05, 0) is 17.7 Å². The molecule has 0 aliphatic carbocycles. The van der Waals surface area contributed by atoms with Crippen molar-refractivity contribution < 1.29 is 14.3 Å². The molecule has 0 saturated carbocycles. The number of esters is 1. The quantitative estimate of drug-likeness (QED) is 0.443. The second-order valence-corrected chi connectivity index (χ2v) is 2.83. The van der Waals surface area contributed by atoms with Crippen LogP contribution in [0.15, 0.2) is 24.3 Å². The second-order valence-electron chi connectivity index (χ2n) is 2.83. The van der Waals surface area contributed by atoms with Crippen LogP contribution in [-0.2, 0) is 14.3 Å². The molecule has 1 rings (SSSR count). The summed E-state index contributed by atoms with van der Waals surface area (Å²) in [6.07, 6.45) is -0.263. The van der Waals surface area contributed by atoms with Crippen molar-refractivity contribution in [3.8, 4) is 0 Å². The van der Waals surface area contributed by atoms with Gasteiger partial charge in [0.05, 0.1) is 0 Å². The number of rotatable bonds is 3. The van der Waals surface area contributed by atoms with Gasteiger partial charge in [-0.3, -0.25) is 9.59 Å². The highest BCUT2D eigenvalue weighted by Gasteiger charge is 2.12. The number of ether oxygens (including phenoxy) is 1. The molecule has 0 aliphatic rings. The number of nitrogen functional groups attached to an aromatic ring is 1. The van der Waals surface area contributed by atoms with E-state index < -0.39 is 12.1 Å². The fraction of sp³-hybridized carbons (Fsp3) is 0.200. The molecule has 0 heterocycles. The lowest BCUT2D eigenvalue weighted by molar-refractivity contribution is -0.149. The molecule has 0 aromatic heterocycles. The topological polar surface area (TPSA) is 69.4 Å². The molecule has 0 radical (unpaired) electrons. The van der Waals surface area contributed by atoms with E-state index in [9.17, 15) is 9.59 Å². The third kappa shape index (κ3) is 2.58. The summed E-state index contributed by atoms with van der Waals surface area (Å²) < 4.78 is 4.78. The molecule has 0 spiro atoms. The summed E-state index contributed by atoms with van der Waals surface area (Å²) in [4.78, 5) is 21.3. The predicted octanol–water partition coefficient (Wildman–Crippen LogP) is 1.07. The summed E-state index contributed by atoms with van der Waals surface area (Å²) in [6.45, 7) is 1.26. The largest absolute Gasteiger partial charge is 0.450 e. The summed E-state index contributed by atoms with van der Waals surface area (Å²) in [7, 11) is 0. The van der Waals surface area contributed by atoms with Crippen LogP contribution in [0.4, 0.5) is 5.69 Å². The van der Waals surface area contributed by atoms with Crippen LogP contribution < -0.4 is 5.73 Å². The molecule has 74 valence electrons. The lowest BCUT2D eigenvalue weighted by Crippen LogP contribution is -2.09. The van der Waals surface area contributed by atoms with Crippen LogP contribution >= 0.6 is 0 Å². The molecule has 0 amide bonds. The number of nitrogens with two attached hydrogens (primary N) is 1. The van der Waals surface area contributed by atoms with Crippen molar-refractivity contribution >= 4 is 17.9 Å². The minimum Gasteiger partial charge on any atom is -0.450 e. The molecule has 4 nitrogen and oxygen atoms in total. The molecule has 0 bridgehead atoms. The molecule has 14 heavy (non-hydrogen) atoms. The lowest BCUT2D eigenvalue weighted by atomic mass is 10.1. The molecule has 1 atom stereocenters. The van der Waals surface area contributed by atoms with E-state index in [4.69, 9.17) is 10.5 Å². The number of benzene rings is 1. The van der Waals surface area contributed by atoms with Crippen molar-refractivity contribution in [1.82, 2.24) is 0 Å². The Labute approximate surface area is 81.7 Å². The Bertz CT molecular complexity index is 332. The van der Waals surface area contributed by atoms with Crippen LogP contribution in [-0.4, -0.2) is 12.3 Å². The summed E-state index contributed by atoms with van der Waals surface area (Å²) in [5.74, 6) is -0.487. The normalized spacial score (nSPS) is 11.8. The zero-order chi connectivity index (χ0) is 10.6. The summed E-state index contributed by atoms with van der Waals surface area (Å²) in [5.41, 5.74) is 6.69. The molecule has 0 saturated heterocycles. The molecule has 1 unspecified atom stereocenters.